The van der Waals surface area contributed by atoms with Crippen LogP contribution >= 0.6 is 11.6 Å². The highest BCUT2D eigenvalue weighted by molar-refractivity contribution is 7.89. The molecular weight excluding hydrogens is 467 g/mol. The maximum absolute atomic E-state index is 13.2. The zero-order valence-corrected chi connectivity index (χ0v) is 19.8. The highest BCUT2D eigenvalue weighted by atomic mass is 35.5. The molecule has 0 saturated heterocycles. The Morgan fingerprint density at radius 2 is 1.79 bits per heavy atom. The van der Waals surface area contributed by atoms with Gasteiger partial charge in [-0.3, -0.25) is 4.68 Å². The fourth-order valence-corrected chi connectivity index (χ4v) is 5.11. The van der Waals surface area contributed by atoms with Gasteiger partial charge in [0.15, 0.2) is 0 Å². The minimum atomic E-state index is -3.83. The maximum atomic E-state index is 13.2. The van der Waals surface area contributed by atoms with Crippen molar-refractivity contribution in [1.82, 2.24) is 24.5 Å². The van der Waals surface area contributed by atoms with Gasteiger partial charge in [0.2, 0.25) is 10.0 Å². The summed E-state index contributed by atoms with van der Waals surface area (Å²) in [4.78, 5) is 9.14. The van der Waals surface area contributed by atoms with Crippen molar-refractivity contribution >= 4 is 38.3 Å². The SMILES string of the molecule is Cc1nn(C)c(C)c1S(=O)(=O)NCc1nc(NCc2ccc(F)cc2)c2ccc(Cl)cc2n1. The molecule has 4 rings (SSSR count). The molecule has 4 aromatic rings. The zero-order chi connectivity index (χ0) is 23.8. The summed E-state index contributed by atoms with van der Waals surface area (Å²) in [7, 11) is -2.14. The van der Waals surface area contributed by atoms with Crippen LogP contribution < -0.4 is 10.0 Å². The molecule has 0 bridgehead atoms. The van der Waals surface area contributed by atoms with Gasteiger partial charge in [0.1, 0.15) is 22.4 Å². The Morgan fingerprint density at radius 1 is 1.06 bits per heavy atom. The molecule has 0 atom stereocenters. The Balaban J connectivity index is 1.62. The standard InChI is InChI=1S/C22H22ClFN6O2S/c1-13-21(14(2)30(3)29-13)33(31,32)26-12-20-27-19-10-16(23)6-9-18(19)22(28-20)25-11-15-4-7-17(24)8-5-15/h4-10,26H,11-12H2,1-3H3,(H,25,27,28). The van der Waals surface area contributed by atoms with Gasteiger partial charge in [-0.1, -0.05) is 23.7 Å². The summed E-state index contributed by atoms with van der Waals surface area (Å²) in [6.45, 7) is 3.62. The number of hydrogen-bond donors (Lipinski definition) is 2. The molecule has 0 aliphatic carbocycles. The predicted molar refractivity (Wildman–Crippen MR) is 125 cm³/mol. The molecule has 0 fully saturated rings. The van der Waals surface area contributed by atoms with E-state index in [1.54, 1.807) is 51.2 Å². The van der Waals surface area contributed by atoms with E-state index in [1.165, 1.54) is 16.8 Å². The first-order valence-electron chi connectivity index (χ1n) is 10.1. The number of nitrogens with one attached hydrogen (secondary N) is 2. The van der Waals surface area contributed by atoms with Crippen LogP contribution in [-0.2, 0) is 30.2 Å². The lowest BCUT2D eigenvalue weighted by atomic mass is 10.2. The monoisotopic (exact) mass is 488 g/mol. The predicted octanol–water partition coefficient (Wildman–Crippen LogP) is 3.86. The summed E-state index contributed by atoms with van der Waals surface area (Å²) >= 11 is 6.14. The van der Waals surface area contributed by atoms with Gasteiger partial charge in [-0.2, -0.15) is 5.10 Å². The first-order valence-corrected chi connectivity index (χ1v) is 11.9. The van der Waals surface area contributed by atoms with Gasteiger partial charge in [0.25, 0.3) is 0 Å². The van der Waals surface area contributed by atoms with Crippen molar-refractivity contribution in [3.05, 3.63) is 76.1 Å². The third kappa shape index (κ3) is 4.97. The smallest absolute Gasteiger partial charge is 0.244 e. The average Bonchev–Trinajstić information content (AvgIpc) is 3.03. The topological polar surface area (TPSA) is 102 Å². The van der Waals surface area contributed by atoms with E-state index in [4.69, 9.17) is 11.6 Å². The largest absolute Gasteiger partial charge is 0.365 e. The molecule has 0 aliphatic heterocycles. The summed E-state index contributed by atoms with van der Waals surface area (Å²) in [6, 6.07) is 11.3. The molecule has 2 N–H and O–H groups in total. The molecule has 0 unspecified atom stereocenters. The number of halogens is 2. The van der Waals surface area contributed by atoms with E-state index in [0.717, 1.165) is 10.9 Å². The molecule has 2 heterocycles. The van der Waals surface area contributed by atoms with Crippen LogP contribution in [0.2, 0.25) is 5.02 Å². The number of hydrogen-bond acceptors (Lipinski definition) is 6. The van der Waals surface area contributed by atoms with Crippen LogP contribution in [0.3, 0.4) is 0 Å². The van der Waals surface area contributed by atoms with Gasteiger partial charge in [-0.05, 0) is 49.7 Å². The van der Waals surface area contributed by atoms with E-state index in [2.05, 4.69) is 25.1 Å². The molecule has 2 aromatic carbocycles. The number of rotatable bonds is 7. The summed E-state index contributed by atoms with van der Waals surface area (Å²) < 4.78 is 43.1. The first-order chi connectivity index (χ1) is 15.6. The van der Waals surface area contributed by atoms with Gasteiger partial charge < -0.3 is 5.32 Å². The van der Waals surface area contributed by atoms with E-state index in [-0.39, 0.29) is 23.1 Å². The Labute approximate surface area is 195 Å². The van der Waals surface area contributed by atoms with E-state index in [1.807, 2.05) is 0 Å². The first kappa shape index (κ1) is 23.1. The van der Waals surface area contributed by atoms with Crippen LogP contribution in [-0.4, -0.2) is 28.2 Å². The third-order valence-electron chi connectivity index (χ3n) is 5.21. The lowest BCUT2D eigenvalue weighted by Crippen LogP contribution is -2.25. The van der Waals surface area contributed by atoms with E-state index in [0.29, 0.717) is 34.3 Å². The number of benzene rings is 2. The highest BCUT2D eigenvalue weighted by Gasteiger charge is 2.24. The van der Waals surface area contributed by atoms with E-state index in [9.17, 15) is 12.8 Å². The van der Waals surface area contributed by atoms with E-state index >= 15 is 0 Å². The molecule has 11 heteroatoms. The Morgan fingerprint density at radius 3 is 2.45 bits per heavy atom. The molecule has 172 valence electrons. The molecular formula is C22H22ClFN6O2S. The van der Waals surface area contributed by atoms with Crippen LogP contribution in [0, 0.1) is 19.7 Å². The second-order valence-corrected chi connectivity index (χ2v) is 9.72. The summed E-state index contributed by atoms with van der Waals surface area (Å²) in [5.41, 5.74) is 2.38. The number of fused-ring (bicyclic) bond motifs is 1. The third-order valence-corrected chi connectivity index (χ3v) is 7.10. The van der Waals surface area contributed by atoms with Crippen molar-refractivity contribution in [3.8, 4) is 0 Å². The van der Waals surface area contributed by atoms with Crippen LogP contribution in [0.1, 0.15) is 22.8 Å². The molecule has 0 radical (unpaired) electrons. The minimum Gasteiger partial charge on any atom is -0.365 e. The van der Waals surface area contributed by atoms with Crippen molar-refractivity contribution in [1.29, 1.82) is 0 Å². The quantitative estimate of drug-likeness (QED) is 0.409. The normalized spacial score (nSPS) is 11.8. The van der Waals surface area contributed by atoms with Crippen LogP contribution in [0.5, 0.6) is 0 Å². The van der Waals surface area contributed by atoms with Crippen molar-refractivity contribution in [3.63, 3.8) is 0 Å². The van der Waals surface area contributed by atoms with E-state index < -0.39 is 10.0 Å². The summed E-state index contributed by atoms with van der Waals surface area (Å²) in [5, 5.41) is 8.63. The van der Waals surface area contributed by atoms with Crippen molar-refractivity contribution in [2.45, 2.75) is 31.8 Å². The van der Waals surface area contributed by atoms with Crippen LogP contribution in [0.4, 0.5) is 10.2 Å². The van der Waals surface area contributed by atoms with Crippen molar-refractivity contribution < 1.29 is 12.8 Å². The molecule has 0 aliphatic rings. The van der Waals surface area contributed by atoms with Crippen LogP contribution in [0.25, 0.3) is 10.9 Å². The second kappa shape index (κ2) is 9.05. The second-order valence-electron chi connectivity index (χ2n) is 7.58. The highest BCUT2D eigenvalue weighted by Crippen LogP contribution is 2.25. The lowest BCUT2D eigenvalue weighted by Gasteiger charge is -2.12. The number of aromatic nitrogens is 4. The van der Waals surface area contributed by atoms with Gasteiger partial charge in [-0.15, -0.1) is 0 Å². The molecule has 0 spiro atoms. The van der Waals surface area contributed by atoms with Gasteiger partial charge >= 0.3 is 0 Å². The molecule has 33 heavy (non-hydrogen) atoms. The molecule has 0 saturated carbocycles. The van der Waals surface area contributed by atoms with Gasteiger partial charge in [0, 0.05) is 24.0 Å². The van der Waals surface area contributed by atoms with Gasteiger partial charge in [-0.25, -0.2) is 27.5 Å². The molecule has 2 aromatic heterocycles. The Kier molecular flexibility index (Phi) is 6.33. The minimum absolute atomic E-state index is 0.121. The summed E-state index contributed by atoms with van der Waals surface area (Å²) in [6.07, 6.45) is 0. The zero-order valence-electron chi connectivity index (χ0n) is 18.2. The van der Waals surface area contributed by atoms with Gasteiger partial charge in [0.05, 0.1) is 23.4 Å². The fraction of sp³-hybridized carbons (Fsp3) is 0.227. The fourth-order valence-electron chi connectivity index (χ4n) is 3.53. The number of aryl methyl sites for hydroxylation is 2. The maximum Gasteiger partial charge on any atom is 0.244 e. The number of anilines is 1. The number of sulfonamides is 1. The molecule has 0 amide bonds. The lowest BCUT2D eigenvalue weighted by molar-refractivity contribution is 0.577. The Bertz CT molecular complexity index is 1440. The van der Waals surface area contributed by atoms with Crippen molar-refractivity contribution in [2.75, 3.05) is 5.32 Å². The Hall–Kier alpha value is -3.08. The summed E-state index contributed by atoms with van der Waals surface area (Å²) in [5.74, 6) is 0.479. The van der Waals surface area contributed by atoms with Crippen molar-refractivity contribution in [2.24, 2.45) is 7.05 Å². The number of nitrogens with zero attached hydrogens (tertiary/aromatic N) is 4. The van der Waals surface area contributed by atoms with Crippen LogP contribution in [0.15, 0.2) is 47.4 Å². The average molecular weight is 489 g/mol. The molecule has 8 nitrogen and oxygen atoms in total.